The van der Waals surface area contributed by atoms with E-state index in [-0.39, 0.29) is 18.4 Å². The van der Waals surface area contributed by atoms with Crippen LogP contribution in [0.1, 0.15) is 18.2 Å². The number of ether oxygens (including phenoxy) is 2. The van der Waals surface area contributed by atoms with E-state index < -0.39 is 18.4 Å². The third-order valence-electron chi connectivity index (χ3n) is 4.32. The zero-order valence-corrected chi connectivity index (χ0v) is 13.9. The van der Waals surface area contributed by atoms with Crippen molar-refractivity contribution in [1.29, 1.82) is 0 Å². The molecule has 3 aromatic rings. The lowest BCUT2D eigenvalue weighted by atomic mass is 10.2. The van der Waals surface area contributed by atoms with Gasteiger partial charge in [0.1, 0.15) is 18.9 Å². The summed E-state index contributed by atoms with van der Waals surface area (Å²) >= 11 is 0. The Labute approximate surface area is 149 Å². The van der Waals surface area contributed by atoms with Gasteiger partial charge in [0.25, 0.3) is 0 Å². The van der Waals surface area contributed by atoms with Crippen molar-refractivity contribution in [1.82, 2.24) is 19.5 Å². The summed E-state index contributed by atoms with van der Waals surface area (Å²) in [7, 11) is 0. The first kappa shape index (κ1) is 16.7. The molecule has 1 aliphatic rings. The summed E-state index contributed by atoms with van der Waals surface area (Å²) in [5.74, 6) is 0.340. The fourth-order valence-corrected chi connectivity index (χ4v) is 2.99. The van der Waals surface area contributed by atoms with Crippen molar-refractivity contribution < 1.29 is 19.7 Å². The molecule has 1 aromatic carbocycles. The average molecular weight is 357 g/mol. The van der Waals surface area contributed by atoms with Crippen molar-refractivity contribution in [2.24, 2.45) is 0 Å². The minimum atomic E-state index is -0.754. The smallest absolute Gasteiger partial charge is 0.247 e. The molecular formula is C17H19N5O4. The van der Waals surface area contributed by atoms with Gasteiger partial charge in [-0.25, -0.2) is 4.98 Å². The summed E-state index contributed by atoms with van der Waals surface area (Å²) in [5, 5.41) is 19.2. The summed E-state index contributed by atoms with van der Waals surface area (Å²) in [6.07, 6.45) is -0.0177. The average Bonchev–Trinajstić information content (AvgIpc) is 3.23. The van der Waals surface area contributed by atoms with E-state index in [4.69, 9.17) is 15.2 Å². The number of benzene rings is 1. The molecule has 3 atom stereocenters. The molecule has 0 saturated carbocycles. The van der Waals surface area contributed by atoms with E-state index in [0.29, 0.717) is 24.2 Å². The van der Waals surface area contributed by atoms with Crippen LogP contribution < -0.4 is 10.5 Å². The lowest BCUT2D eigenvalue weighted by Gasteiger charge is -2.14. The number of nitrogens with zero attached hydrogens (tertiary/aromatic N) is 4. The number of imidazole rings is 1. The molecule has 2 aromatic heterocycles. The highest BCUT2D eigenvalue weighted by Crippen LogP contribution is 2.32. The van der Waals surface area contributed by atoms with Crippen LogP contribution in [0.3, 0.4) is 0 Å². The van der Waals surface area contributed by atoms with Gasteiger partial charge in [-0.3, -0.25) is 4.57 Å². The Balaban J connectivity index is 1.63. The number of hydrogen-bond donors (Lipinski definition) is 3. The number of aliphatic hydroxyl groups excluding tert-OH is 2. The van der Waals surface area contributed by atoms with Gasteiger partial charge in [-0.15, -0.1) is 0 Å². The minimum Gasteiger partial charge on any atom is -0.471 e. The number of rotatable bonds is 5. The number of anilines is 1. The fraction of sp³-hybridized carbons (Fsp3) is 0.353. The van der Waals surface area contributed by atoms with Crippen LogP contribution in [0.15, 0.2) is 36.7 Å². The molecule has 4 rings (SSSR count). The van der Waals surface area contributed by atoms with Gasteiger partial charge in [-0.2, -0.15) is 9.97 Å². The summed E-state index contributed by atoms with van der Waals surface area (Å²) < 4.78 is 13.1. The zero-order chi connectivity index (χ0) is 18.1. The Morgan fingerprint density at radius 1 is 1.27 bits per heavy atom. The lowest BCUT2D eigenvalue weighted by molar-refractivity contribution is -0.0432. The van der Waals surface area contributed by atoms with Gasteiger partial charge in [0, 0.05) is 6.42 Å². The third-order valence-corrected chi connectivity index (χ3v) is 4.32. The van der Waals surface area contributed by atoms with Crippen LogP contribution in [-0.2, 0) is 11.3 Å². The van der Waals surface area contributed by atoms with Crippen molar-refractivity contribution in [3.8, 4) is 5.88 Å². The van der Waals surface area contributed by atoms with E-state index in [9.17, 15) is 10.2 Å². The molecule has 1 fully saturated rings. The molecule has 1 saturated heterocycles. The summed E-state index contributed by atoms with van der Waals surface area (Å²) in [6, 6.07) is 9.68. The third kappa shape index (κ3) is 3.07. The SMILES string of the molecule is Nc1nc(OCc2ccccc2)c2ncn([C@@H]3C[C@H](O)[C@H](CO)O3)c2n1. The molecular weight excluding hydrogens is 338 g/mol. The first-order valence-corrected chi connectivity index (χ1v) is 8.27. The predicted octanol–water partition coefficient (Wildman–Crippen LogP) is 0.628. The molecule has 0 amide bonds. The number of nitrogens with two attached hydrogens (primary N) is 1. The van der Waals surface area contributed by atoms with Crippen LogP contribution in [0, 0.1) is 0 Å². The van der Waals surface area contributed by atoms with E-state index in [1.54, 1.807) is 10.9 Å². The first-order valence-electron chi connectivity index (χ1n) is 8.27. The predicted molar refractivity (Wildman–Crippen MR) is 92.1 cm³/mol. The molecule has 0 bridgehead atoms. The van der Waals surface area contributed by atoms with E-state index >= 15 is 0 Å². The Morgan fingerprint density at radius 2 is 2.08 bits per heavy atom. The van der Waals surface area contributed by atoms with Gasteiger partial charge >= 0.3 is 0 Å². The number of fused-ring (bicyclic) bond motifs is 1. The van der Waals surface area contributed by atoms with Crippen molar-refractivity contribution in [2.75, 3.05) is 12.3 Å². The molecule has 1 aliphatic heterocycles. The molecule has 0 radical (unpaired) electrons. The molecule has 4 N–H and O–H groups in total. The highest BCUT2D eigenvalue weighted by molar-refractivity contribution is 5.77. The van der Waals surface area contributed by atoms with Gasteiger partial charge in [0.05, 0.1) is 19.0 Å². The lowest BCUT2D eigenvalue weighted by Crippen LogP contribution is -2.24. The van der Waals surface area contributed by atoms with Crippen molar-refractivity contribution in [3.63, 3.8) is 0 Å². The standard InChI is InChI=1S/C17H19N5O4/c18-17-20-15-14(16(21-17)25-8-10-4-2-1-3-5-10)19-9-22(15)13-6-11(24)12(7-23)26-13/h1-5,9,11-13,23-24H,6-8H2,(H2,18,20,21)/t11-,12-,13-/m0/s1. The number of hydrogen-bond acceptors (Lipinski definition) is 8. The van der Waals surface area contributed by atoms with Crippen LogP contribution in [0.2, 0.25) is 0 Å². The van der Waals surface area contributed by atoms with E-state index in [1.807, 2.05) is 30.3 Å². The summed E-state index contributed by atoms with van der Waals surface area (Å²) in [6.45, 7) is 0.0668. The number of aromatic nitrogens is 4. The Kier molecular flexibility index (Phi) is 4.41. The molecule has 9 nitrogen and oxygen atoms in total. The van der Waals surface area contributed by atoms with Crippen LogP contribution in [0.5, 0.6) is 5.88 Å². The summed E-state index contributed by atoms with van der Waals surface area (Å²) in [5.41, 5.74) is 7.73. The number of nitrogen functional groups attached to an aromatic ring is 1. The number of aliphatic hydroxyl groups is 2. The van der Waals surface area contributed by atoms with Gasteiger partial charge < -0.3 is 25.4 Å². The second-order valence-electron chi connectivity index (χ2n) is 6.10. The zero-order valence-electron chi connectivity index (χ0n) is 13.9. The van der Waals surface area contributed by atoms with Crippen LogP contribution in [-0.4, -0.2) is 48.5 Å². The van der Waals surface area contributed by atoms with E-state index in [1.165, 1.54) is 0 Å². The van der Waals surface area contributed by atoms with Crippen LogP contribution in [0.4, 0.5) is 5.95 Å². The Hall–Kier alpha value is -2.75. The van der Waals surface area contributed by atoms with Crippen molar-refractivity contribution in [3.05, 3.63) is 42.2 Å². The van der Waals surface area contributed by atoms with Gasteiger partial charge in [0.2, 0.25) is 11.8 Å². The highest BCUT2D eigenvalue weighted by Gasteiger charge is 2.35. The maximum atomic E-state index is 9.95. The molecule has 136 valence electrons. The van der Waals surface area contributed by atoms with Crippen LogP contribution >= 0.6 is 0 Å². The molecule has 0 unspecified atom stereocenters. The minimum absolute atomic E-state index is 0.0552. The Morgan fingerprint density at radius 3 is 2.81 bits per heavy atom. The Bertz CT molecular complexity index is 901. The highest BCUT2D eigenvalue weighted by atomic mass is 16.5. The quantitative estimate of drug-likeness (QED) is 0.606. The largest absolute Gasteiger partial charge is 0.471 e. The molecule has 3 heterocycles. The van der Waals surface area contributed by atoms with Crippen LogP contribution in [0.25, 0.3) is 11.2 Å². The normalized spacial score (nSPS) is 22.8. The summed E-state index contributed by atoms with van der Waals surface area (Å²) in [4.78, 5) is 12.7. The van der Waals surface area contributed by atoms with Gasteiger partial charge in [-0.05, 0) is 5.56 Å². The van der Waals surface area contributed by atoms with Crippen molar-refractivity contribution in [2.45, 2.75) is 31.5 Å². The van der Waals surface area contributed by atoms with Gasteiger partial charge in [0.15, 0.2) is 11.2 Å². The van der Waals surface area contributed by atoms with Gasteiger partial charge in [-0.1, -0.05) is 30.3 Å². The monoisotopic (exact) mass is 357 g/mol. The first-order chi connectivity index (χ1) is 12.7. The molecule has 0 spiro atoms. The second-order valence-corrected chi connectivity index (χ2v) is 6.10. The maximum Gasteiger partial charge on any atom is 0.247 e. The van der Waals surface area contributed by atoms with E-state index in [0.717, 1.165) is 5.56 Å². The fourth-order valence-electron chi connectivity index (χ4n) is 2.99. The van der Waals surface area contributed by atoms with Crippen molar-refractivity contribution >= 4 is 17.1 Å². The second kappa shape index (κ2) is 6.87. The molecule has 0 aliphatic carbocycles. The molecule has 9 heteroatoms. The molecule has 26 heavy (non-hydrogen) atoms. The van der Waals surface area contributed by atoms with E-state index in [2.05, 4.69) is 15.0 Å². The topological polar surface area (TPSA) is 129 Å². The maximum absolute atomic E-state index is 9.95.